The van der Waals surface area contributed by atoms with Gasteiger partial charge in [0.15, 0.2) is 10.4 Å². The van der Waals surface area contributed by atoms with Gasteiger partial charge in [0.1, 0.15) is 0 Å². The molecule has 1 aliphatic rings. The second kappa shape index (κ2) is 7.65. The molecule has 136 valence electrons. The first-order valence-corrected chi connectivity index (χ1v) is 9.57. The summed E-state index contributed by atoms with van der Waals surface area (Å²) in [4.78, 5) is 17.9. The predicted molar refractivity (Wildman–Crippen MR) is 104 cm³/mol. The van der Waals surface area contributed by atoms with Crippen LogP contribution in [0.4, 0.5) is 0 Å². The summed E-state index contributed by atoms with van der Waals surface area (Å²) in [6.45, 7) is 4.51. The average Bonchev–Trinajstić information content (AvgIpc) is 3.27. The lowest BCUT2D eigenvalue weighted by atomic mass is 10.1. The van der Waals surface area contributed by atoms with Crippen LogP contribution in [0, 0.1) is 0 Å². The minimum atomic E-state index is -0.206. The number of para-hydroxylation sites is 1. The Kier molecular flexibility index (Phi) is 5.10. The molecule has 7 heteroatoms. The lowest BCUT2D eigenvalue weighted by Gasteiger charge is -2.34. The molecular formula is C19H21BrN4O2. The molecule has 0 spiro atoms. The number of hydrazine groups is 1. The standard InChI is InChI=1S/C19H21BrN4O2/c20-18-6-5-17(26-18)19(25)22-24-11-9-23(10-12-24)8-7-14-13-21-16-4-2-1-3-15(14)16/h1-6,13,21H,7-12H2,(H,22,25). The number of H-pyrrole nitrogens is 1. The van der Waals surface area contributed by atoms with Gasteiger partial charge in [-0.1, -0.05) is 18.2 Å². The van der Waals surface area contributed by atoms with Crippen LogP contribution in [0.1, 0.15) is 16.1 Å². The van der Waals surface area contributed by atoms with E-state index in [1.807, 2.05) is 5.01 Å². The number of hydrogen-bond donors (Lipinski definition) is 2. The van der Waals surface area contributed by atoms with E-state index in [2.05, 4.69) is 61.7 Å². The smallest absolute Gasteiger partial charge is 0.301 e. The number of aromatic amines is 1. The summed E-state index contributed by atoms with van der Waals surface area (Å²) >= 11 is 3.21. The highest BCUT2D eigenvalue weighted by Gasteiger charge is 2.20. The number of aromatic nitrogens is 1. The number of carbonyl (C=O) groups excluding carboxylic acids is 1. The molecule has 4 rings (SSSR count). The van der Waals surface area contributed by atoms with E-state index < -0.39 is 0 Å². The molecule has 2 N–H and O–H groups in total. The SMILES string of the molecule is O=C(NN1CCN(CCc2c[nH]c3ccccc23)CC1)c1ccc(Br)o1. The van der Waals surface area contributed by atoms with Crippen LogP contribution in [-0.2, 0) is 6.42 Å². The molecule has 0 saturated carbocycles. The quantitative estimate of drug-likeness (QED) is 0.670. The van der Waals surface area contributed by atoms with Gasteiger partial charge < -0.3 is 14.3 Å². The van der Waals surface area contributed by atoms with Crippen LogP contribution >= 0.6 is 15.9 Å². The number of fused-ring (bicyclic) bond motifs is 1. The highest BCUT2D eigenvalue weighted by Crippen LogP contribution is 2.18. The number of halogens is 1. The molecule has 2 aromatic heterocycles. The predicted octanol–water partition coefficient (Wildman–Crippen LogP) is 3.03. The highest BCUT2D eigenvalue weighted by molar-refractivity contribution is 9.10. The molecule has 1 aliphatic heterocycles. The average molecular weight is 417 g/mol. The maximum Gasteiger partial charge on any atom is 0.301 e. The molecular weight excluding hydrogens is 396 g/mol. The minimum Gasteiger partial charge on any atom is -0.444 e. The van der Waals surface area contributed by atoms with Gasteiger partial charge in [-0.3, -0.25) is 10.2 Å². The fourth-order valence-corrected chi connectivity index (χ4v) is 3.64. The summed E-state index contributed by atoms with van der Waals surface area (Å²) < 4.78 is 5.85. The Labute approximate surface area is 160 Å². The third-order valence-corrected chi connectivity index (χ3v) is 5.23. The van der Waals surface area contributed by atoms with E-state index in [0.717, 1.165) is 39.1 Å². The molecule has 3 heterocycles. The summed E-state index contributed by atoms with van der Waals surface area (Å²) in [5.74, 6) is 0.113. The lowest BCUT2D eigenvalue weighted by molar-refractivity contribution is 0.0597. The summed E-state index contributed by atoms with van der Waals surface area (Å²) in [6.07, 6.45) is 3.14. The molecule has 6 nitrogen and oxygen atoms in total. The van der Waals surface area contributed by atoms with Crippen molar-refractivity contribution in [2.45, 2.75) is 6.42 Å². The third-order valence-electron chi connectivity index (χ3n) is 4.80. The van der Waals surface area contributed by atoms with Gasteiger partial charge in [-0.05, 0) is 46.1 Å². The Hall–Kier alpha value is -2.09. The van der Waals surface area contributed by atoms with Crippen molar-refractivity contribution < 1.29 is 9.21 Å². The normalized spacial score (nSPS) is 16.2. The zero-order chi connectivity index (χ0) is 17.9. The number of nitrogens with zero attached hydrogens (tertiary/aromatic N) is 2. The topological polar surface area (TPSA) is 64.5 Å². The van der Waals surface area contributed by atoms with Crippen LogP contribution < -0.4 is 5.43 Å². The molecule has 0 unspecified atom stereocenters. The number of benzene rings is 1. The Morgan fingerprint density at radius 1 is 1.15 bits per heavy atom. The van der Waals surface area contributed by atoms with Gasteiger partial charge in [0, 0.05) is 49.8 Å². The number of hydrogen-bond acceptors (Lipinski definition) is 4. The zero-order valence-electron chi connectivity index (χ0n) is 14.4. The van der Waals surface area contributed by atoms with Crippen molar-refractivity contribution in [1.29, 1.82) is 0 Å². The van der Waals surface area contributed by atoms with Crippen molar-refractivity contribution in [3.05, 3.63) is 58.6 Å². The van der Waals surface area contributed by atoms with Gasteiger partial charge in [-0.15, -0.1) is 0 Å². The number of furan rings is 1. The van der Waals surface area contributed by atoms with Gasteiger partial charge in [0.2, 0.25) is 0 Å². The summed E-state index contributed by atoms with van der Waals surface area (Å²) in [5, 5.41) is 3.27. The van der Waals surface area contributed by atoms with Crippen molar-refractivity contribution in [1.82, 2.24) is 20.3 Å². The summed E-state index contributed by atoms with van der Waals surface area (Å²) in [5.41, 5.74) is 5.47. The van der Waals surface area contributed by atoms with Crippen LogP contribution in [0.3, 0.4) is 0 Å². The van der Waals surface area contributed by atoms with E-state index in [0.29, 0.717) is 10.4 Å². The Bertz CT molecular complexity index is 896. The molecule has 1 fully saturated rings. The van der Waals surface area contributed by atoms with Gasteiger partial charge in [0.25, 0.3) is 0 Å². The first-order chi connectivity index (χ1) is 12.7. The Morgan fingerprint density at radius 2 is 1.96 bits per heavy atom. The minimum absolute atomic E-state index is 0.206. The van der Waals surface area contributed by atoms with E-state index in [1.54, 1.807) is 12.1 Å². The van der Waals surface area contributed by atoms with Crippen LogP contribution in [0.5, 0.6) is 0 Å². The maximum absolute atomic E-state index is 12.1. The van der Waals surface area contributed by atoms with E-state index in [1.165, 1.54) is 16.5 Å². The molecule has 0 atom stereocenters. The molecule has 1 saturated heterocycles. The summed E-state index contributed by atoms with van der Waals surface area (Å²) in [6, 6.07) is 11.8. The van der Waals surface area contributed by atoms with Gasteiger partial charge in [0.05, 0.1) is 0 Å². The van der Waals surface area contributed by atoms with Gasteiger partial charge >= 0.3 is 5.91 Å². The Balaban J connectivity index is 1.25. The first-order valence-electron chi connectivity index (χ1n) is 8.78. The van der Waals surface area contributed by atoms with Crippen LogP contribution in [-0.4, -0.2) is 53.5 Å². The molecule has 0 bridgehead atoms. The molecule has 3 aromatic rings. The van der Waals surface area contributed by atoms with Crippen molar-refractivity contribution in [2.75, 3.05) is 32.7 Å². The number of carbonyl (C=O) groups is 1. The van der Waals surface area contributed by atoms with Gasteiger partial charge in [-0.2, -0.15) is 0 Å². The highest BCUT2D eigenvalue weighted by atomic mass is 79.9. The first kappa shape index (κ1) is 17.3. The van der Waals surface area contributed by atoms with Crippen LogP contribution in [0.25, 0.3) is 10.9 Å². The zero-order valence-corrected chi connectivity index (χ0v) is 16.0. The van der Waals surface area contributed by atoms with E-state index in [9.17, 15) is 4.79 Å². The molecule has 0 aliphatic carbocycles. The second-order valence-electron chi connectivity index (χ2n) is 6.48. The molecule has 1 amide bonds. The maximum atomic E-state index is 12.1. The lowest BCUT2D eigenvalue weighted by Crippen LogP contribution is -2.53. The molecule has 26 heavy (non-hydrogen) atoms. The largest absolute Gasteiger partial charge is 0.444 e. The number of nitrogens with one attached hydrogen (secondary N) is 2. The van der Waals surface area contributed by atoms with E-state index in [4.69, 9.17) is 4.42 Å². The third kappa shape index (κ3) is 3.85. The van der Waals surface area contributed by atoms with Crippen LogP contribution in [0.15, 0.2) is 51.7 Å². The number of piperazine rings is 1. The fraction of sp³-hybridized carbons (Fsp3) is 0.316. The van der Waals surface area contributed by atoms with Crippen molar-refractivity contribution >= 4 is 32.7 Å². The van der Waals surface area contributed by atoms with E-state index >= 15 is 0 Å². The van der Waals surface area contributed by atoms with Crippen molar-refractivity contribution in [3.63, 3.8) is 0 Å². The molecule has 0 radical (unpaired) electrons. The van der Waals surface area contributed by atoms with E-state index in [-0.39, 0.29) is 5.91 Å². The second-order valence-corrected chi connectivity index (χ2v) is 7.26. The Morgan fingerprint density at radius 3 is 2.73 bits per heavy atom. The molecule has 1 aromatic carbocycles. The number of amides is 1. The summed E-state index contributed by atoms with van der Waals surface area (Å²) in [7, 11) is 0. The van der Waals surface area contributed by atoms with Gasteiger partial charge in [-0.25, -0.2) is 5.01 Å². The fourth-order valence-electron chi connectivity index (χ4n) is 3.34. The van der Waals surface area contributed by atoms with Crippen molar-refractivity contribution in [3.8, 4) is 0 Å². The number of rotatable bonds is 5. The van der Waals surface area contributed by atoms with Crippen molar-refractivity contribution in [2.24, 2.45) is 0 Å². The van der Waals surface area contributed by atoms with Crippen LogP contribution in [0.2, 0.25) is 0 Å². The monoisotopic (exact) mass is 416 g/mol.